The van der Waals surface area contributed by atoms with E-state index in [1.54, 1.807) is 28.8 Å². The minimum atomic E-state index is -1.16. The number of rotatable bonds is 10. The summed E-state index contributed by atoms with van der Waals surface area (Å²) in [7, 11) is 4.01. The van der Waals surface area contributed by atoms with E-state index in [-0.39, 0.29) is 13.0 Å². The van der Waals surface area contributed by atoms with Crippen LogP contribution in [0.2, 0.25) is 0 Å². The molecule has 0 unspecified atom stereocenters. The Kier molecular flexibility index (Phi) is 8.23. The number of fused-ring (bicyclic) bond motifs is 1. The number of hydrogen-bond donors (Lipinski definition) is 0. The molecule has 0 atom stereocenters. The van der Waals surface area contributed by atoms with E-state index in [1.165, 1.54) is 0 Å². The summed E-state index contributed by atoms with van der Waals surface area (Å²) in [5.41, 5.74) is 4.15. The van der Waals surface area contributed by atoms with Crippen LogP contribution >= 0.6 is 0 Å². The van der Waals surface area contributed by atoms with E-state index in [2.05, 4.69) is 29.2 Å². The van der Waals surface area contributed by atoms with Crippen molar-refractivity contribution in [2.24, 2.45) is 0 Å². The summed E-state index contributed by atoms with van der Waals surface area (Å²) in [4.78, 5) is 23.9. The smallest absolute Gasteiger partial charge is 0.374 e. The molecule has 1 aliphatic heterocycles. The number of hydrogen-bond acceptors (Lipinski definition) is 7. The van der Waals surface area contributed by atoms with Crippen LogP contribution in [0, 0.1) is 0 Å². The second kappa shape index (κ2) is 11.9. The fraction of sp³-hybridized carbons (Fsp3) is 0.167. The largest absolute Gasteiger partial charge is 0.550 e. The summed E-state index contributed by atoms with van der Waals surface area (Å²) in [6, 6.07) is 13.1. The van der Waals surface area contributed by atoms with Crippen molar-refractivity contribution in [3.8, 4) is 5.75 Å². The molecule has 8 heteroatoms. The quantitative estimate of drug-likeness (QED) is 0.231. The molecule has 0 spiro atoms. The van der Waals surface area contributed by atoms with Gasteiger partial charge in [-0.05, 0) is 54.5 Å². The molecule has 0 radical (unpaired) electrons. The van der Waals surface area contributed by atoms with Crippen LogP contribution in [0.1, 0.15) is 24.8 Å². The average Bonchev–Trinajstić information content (AvgIpc) is 3.21. The van der Waals surface area contributed by atoms with Crippen molar-refractivity contribution in [2.45, 2.75) is 19.9 Å². The topological polar surface area (TPSA) is 95.9 Å². The lowest BCUT2D eigenvalue weighted by atomic mass is 10.1. The van der Waals surface area contributed by atoms with E-state index in [4.69, 9.17) is 13.9 Å². The van der Waals surface area contributed by atoms with Gasteiger partial charge < -0.3 is 28.7 Å². The third-order valence-electron chi connectivity index (χ3n) is 5.74. The molecule has 38 heavy (non-hydrogen) atoms. The van der Waals surface area contributed by atoms with Crippen molar-refractivity contribution in [2.75, 3.05) is 19.0 Å². The number of aryl methyl sites for hydroxylation is 1. The Hall–Kier alpha value is -4.85. The summed E-state index contributed by atoms with van der Waals surface area (Å²) >= 11 is 0. The zero-order valence-electron chi connectivity index (χ0n) is 21.4. The van der Waals surface area contributed by atoms with Gasteiger partial charge in [0.1, 0.15) is 17.3 Å². The Morgan fingerprint density at radius 2 is 1.84 bits per heavy atom. The van der Waals surface area contributed by atoms with Gasteiger partial charge in [0.05, 0.1) is 6.08 Å². The van der Waals surface area contributed by atoms with E-state index in [9.17, 15) is 14.7 Å². The highest BCUT2D eigenvalue weighted by Gasteiger charge is 2.22. The molecule has 3 aromatic rings. The molecule has 2 heterocycles. The normalized spacial score (nSPS) is 14.6. The summed E-state index contributed by atoms with van der Waals surface area (Å²) in [5, 5.41) is 11.1. The number of benzene rings is 2. The van der Waals surface area contributed by atoms with Gasteiger partial charge in [0, 0.05) is 44.3 Å². The van der Waals surface area contributed by atoms with E-state index >= 15 is 0 Å². The van der Waals surface area contributed by atoms with Gasteiger partial charge in [-0.3, -0.25) is 4.79 Å². The maximum absolute atomic E-state index is 11.1. The number of oxazole rings is 1. The number of carboxylic acid groups (broad SMARTS) is 1. The first-order valence-corrected chi connectivity index (χ1v) is 12.0. The van der Waals surface area contributed by atoms with Crippen LogP contribution in [0.5, 0.6) is 5.75 Å². The van der Waals surface area contributed by atoms with Crippen LogP contribution in [0.25, 0.3) is 23.3 Å². The van der Waals surface area contributed by atoms with Gasteiger partial charge in [-0.1, -0.05) is 30.4 Å². The van der Waals surface area contributed by atoms with Crippen LogP contribution in [0.4, 0.5) is 5.69 Å². The zero-order valence-corrected chi connectivity index (χ0v) is 21.4. The number of carbonyl (C=O) groups is 2. The van der Waals surface area contributed by atoms with Gasteiger partial charge in [0.25, 0.3) is 12.0 Å². The van der Waals surface area contributed by atoms with Crippen molar-refractivity contribution in [1.82, 2.24) is 0 Å². The molecule has 4 rings (SSSR count). The highest BCUT2D eigenvalue weighted by Crippen LogP contribution is 2.25. The standard InChI is InChI=1S/C30H28N2O6/c1-21-16-23(17-26(37-21)7-5-4-6-22-8-10-24(11-9-22)31(2)3)18-29-32(15-14-30(34)35)27-13-12-25(36-20-33)19-28(27)38-29/h4-13,16-20H,14-15H2,1-3H3. The van der Waals surface area contributed by atoms with E-state index in [0.717, 1.165) is 16.8 Å². The van der Waals surface area contributed by atoms with Crippen LogP contribution in [-0.2, 0) is 20.9 Å². The second-order valence-corrected chi connectivity index (χ2v) is 8.81. The van der Waals surface area contributed by atoms with Crippen LogP contribution < -0.4 is 19.3 Å². The third kappa shape index (κ3) is 6.67. The molecule has 0 saturated heterocycles. The Balaban J connectivity index is 1.59. The number of anilines is 1. The molecule has 1 aromatic heterocycles. The lowest BCUT2D eigenvalue weighted by molar-refractivity contribution is -0.677. The molecule has 8 nitrogen and oxygen atoms in total. The first-order chi connectivity index (χ1) is 18.3. The monoisotopic (exact) mass is 512 g/mol. The Morgan fingerprint density at radius 1 is 1.08 bits per heavy atom. The molecule has 2 aromatic carbocycles. The molecule has 0 aliphatic carbocycles. The molecular weight excluding hydrogens is 484 g/mol. The molecule has 0 N–H and O–H groups in total. The lowest BCUT2D eigenvalue weighted by Gasteiger charge is -2.12. The zero-order chi connectivity index (χ0) is 27.1. The number of aliphatic carboxylic acids is 1. The van der Waals surface area contributed by atoms with Gasteiger partial charge in [0.15, 0.2) is 6.54 Å². The van der Waals surface area contributed by atoms with Crippen LogP contribution in [0.3, 0.4) is 0 Å². The van der Waals surface area contributed by atoms with Crippen molar-refractivity contribution in [3.05, 3.63) is 101 Å². The number of ether oxygens (including phenoxy) is 2. The third-order valence-corrected chi connectivity index (χ3v) is 5.74. The van der Waals surface area contributed by atoms with Gasteiger partial charge >= 0.3 is 5.89 Å². The maximum Gasteiger partial charge on any atom is 0.374 e. The number of carbonyl (C=O) groups excluding carboxylic acids is 2. The molecular formula is C30H28N2O6. The first-order valence-electron chi connectivity index (χ1n) is 12.0. The Labute approximate surface area is 220 Å². The molecule has 194 valence electrons. The molecule has 0 fully saturated rings. The highest BCUT2D eigenvalue weighted by atomic mass is 16.5. The molecule has 0 bridgehead atoms. The summed E-state index contributed by atoms with van der Waals surface area (Å²) in [5.74, 6) is 0.931. The van der Waals surface area contributed by atoms with E-state index in [0.29, 0.717) is 40.7 Å². The summed E-state index contributed by atoms with van der Waals surface area (Å²) in [6.45, 7) is 2.34. The number of allylic oxidation sites excluding steroid dienone is 7. The fourth-order valence-corrected chi connectivity index (χ4v) is 3.95. The van der Waals surface area contributed by atoms with Gasteiger partial charge in [-0.15, -0.1) is 0 Å². The summed E-state index contributed by atoms with van der Waals surface area (Å²) < 4.78 is 18.5. The average molecular weight is 513 g/mol. The maximum atomic E-state index is 11.1. The van der Waals surface area contributed by atoms with Crippen molar-refractivity contribution < 1.29 is 33.2 Å². The van der Waals surface area contributed by atoms with Crippen molar-refractivity contribution in [1.29, 1.82) is 0 Å². The minimum Gasteiger partial charge on any atom is -0.550 e. The second-order valence-electron chi connectivity index (χ2n) is 8.81. The fourth-order valence-electron chi connectivity index (χ4n) is 3.95. The number of aromatic nitrogens is 1. The summed E-state index contributed by atoms with van der Waals surface area (Å²) in [6.07, 6.45) is 13.1. The van der Waals surface area contributed by atoms with Crippen molar-refractivity contribution >= 4 is 41.4 Å². The highest BCUT2D eigenvalue weighted by molar-refractivity contribution is 5.73. The Bertz CT molecular complexity index is 1490. The predicted octanol–water partition coefficient (Wildman–Crippen LogP) is 3.93. The van der Waals surface area contributed by atoms with Gasteiger partial charge in [0.2, 0.25) is 5.58 Å². The number of carboxylic acids is 1. The van der Waals surface area contributed by atoms with Gasteiger partial charge in [-0.25, -0.2) is 0 Å². The molecule has 0 saturated carbocycles. The number of nitrogens with zero attached hydrogens (tertiary/aromatic N) is 2. The van der Waals surface area contributed by atoms with E-state index < -0.39 is 5.97 Å². The Morgan fingerprint density at radius 3 is 2.55 bits per heavy atom. The predicted molar refractivity (Wildman–Crippen MR) is 143 cm³/mol. The first kappa shape index (κ1) is 26.2. The lowest BCUT2D eigenvalue weighted by Crippen LogP contribution is -2.38. The molecule has 0 amide bonds. The van der Waals surface area contributed by atoms with Crippen molar-refractivity contribution in [3.63, 3.8) is 0 Å². The van der Waals surface area contributed by atoms with Crippen LogP contribution in [-0.4, -0.2) is 26.5 Å². The van der Waals surface area contributed by atoms with Gasteiger partial charge in [-0.2, -0.15) is 4.57 Å². The van der Waals surface area contributed by atoms with Crippen LogP contribution in [0.15, 0.2) is 94.4 Å². The minimum absolute atomic E-state index is 0.151. The molecule has 1 aliphatic rings. The SMILES string of the molecule is CC1=C/C(=C\c2oc3cc(OC=O)ccc3[n+]2CCC(=O)[O-])C=C(/C=C/C=C/c2ccc(N(C)C)cc2)O1. The van der Waals surface area contributed by atoms with E-state index in [1.807, 2.05) is 57.5 Å².